The standard InChI is InChI=1S/C22H21BrN2O4S2/c1-4-28-17-9-14(10-18-21(27)25-22(30)31-18)5-6-16(17)29-11-19(26)24-20-12(2)7-15(23)8-13(20)3/h5-10H,4,11H2,1-3H3,(H,24,26)(H,25,27,30)/b18-10-. The van der Waals surface area contributed by atoms with Crippen LogP contribution in [0.25, 0.3) is 6.08 Å². The molecule has 1 saturated heterocycles. The number of ether oxygens (including phenoxy) is 2. The summed E-state index contributed by atoms with van der Waals surface area (Å²) in [5.74, 6) is 0.451. The van der Waals surface area contributed by atoms with Crippen LogP contribution in [0.2, 0.25) is 0 Å². The first kappa shape index (κ1) is 23.3. The Labute approximate surface area is 198 Å². The number of hydrogen-bond donors (Lipinski definition) is 2. The first-order chi connectivity index (χ1) is 14.8. The molecule has 0 radical (unpaired) electrons. The number of thioether (sulfide) groups is 1. The molecule has 1 aliphatic rings. The van der Waals surface area contributed by atoms with Crippen LogP contribution < -0.4 is 20.1 Å². The fourth-order valence-electron chi connectivity index (χ4n) is 3.00. The van der Waals surface area contributed by atoms with E-state index in [1.54, 1.807) is 24.3 Å². The number of halogens is 1. The van der Waals surface area contributed by atoms with E-state index >= 15 is 0 Å². The number of carbonyl (C=O) groups is 2. The Bertz CT molecular complexity index is 1060. The topological polar surface area (TPSA) is 76.7 Å². The van der Waals surface area contributed by atoms with Crippen LogP contribution in [0.15, 0.2) is 39.7 Å². The third kappa shape index (κ3) is 6.09. The van der Waals surface area contributed by atoms with Gasteiger partial charge in [-0.25, -0.2) is 0 Å². The number of benzene rings is 2. The molecule has 3 rings (SSSR count). The molecule has 1 heterocycles. The molecule has 1 aliphatic heterocycles. The van der Waals surface area contributed by atoms with Crippen LogP contribution >= 0.6 is 39.9 Å². The molecule has 2 aromatic carbocycles. The lowest BCUT2D eigenvalue weighted by atomic mass is 10.1. The number of hydrogen-bond acceptors (Lipinski definition) is 6. The maximum absolute atomic E-state index is 12.5. The van der Waals surface area contributed by atoms with Crippen molar-refractivity contribution in [3.63, 3.8) is 0 Å². The highest BCUT2D eigenvalue weighted by Gasteiger charge is 2.22. The fourth-order valence-corrected chi connectivity index (χ4v) is 4.73. The molecule has 0 aliphatic carbocycles. The van der Waals surface area contributed by atoms with Gasteiger partial charge in [-0.05, 0) is 67.8 Å². The van der Waals surface area contributed by atoms with Gasteiger partial charge in [-0.15, -0.1) is 0 Å². The zero-order valence-corrected chi connectivity index (χ0v) is 20.4. The highest BCUT2D eigenvalue weighted by Crippen LogP contribution is 2.32. The summed E-state index contributed by atoms with van der Waals surface area (Å²) in [4.78, 5) is 24.8. The molecule has 0 saturated carbocycles. The molecule has 6 nitrogen and oxygen atoms in total. The van der Waals surface area contributed by atoms with Crippen molar-refractivity contribution in [2.75, 3.05) is 18.5 Å². The molecule has 0 aromatic heterocycles. The van der Waals surface area contributed by atoms with Gasteiger partial charge in [0.1, 0.15) is 4.32 Å². The first-order valence-corrected chi connectivity index (χ1v) is 11.5. The van der Waals surface area contributed by atoms with E-state index in [1.807, 2.05) is 32.9 Å². The third-order valence-corrected chi connectivity index (χ3v) is 5.95. The quantitative estimate of drug-likeness (QED) is 0.396. The molecule has 0 spiro atoms. The summed E-state index contributed by atoms with van der Waals surface area (Å²) in [6.45, 7) is 6.00. The monoisotopic (exact) mass is 520 g/mol. The second-order valence-electron chi connectivity index (χ2n) is 6.74. The summed E-state index contributed by atoms with van der Waals surface area (Å²) >= 11 is 9.68. The van der Waals surface area contributed by atoms with Gasteiger partial charge in [0.05, 0.1) is 11.5 Å². The Kier molecular flexibility index (Phi) is 7.74. The molecule has 2 aromatic rings. The smallest absolute Gasteiger partial charge is 0.263 e. The molecule has 0 bridgehead atoms. The minimum atomic E-state index is -0.269. The zero-order valence-electron chi connectivity index (χ0n) is 17.2. The molecular weight excluding hydrogens is 500 g/mol. The summed E-state index contributed by atoms with van der Waals surface area (Å²) in [6, 6.07) is 9.17. The van der Waals surface area contributed by atoms with Gasteiger partial charge in [0, 0.05) is 10.2 Å². The summed E-state index contributed by atoms with van der Waals surface area (Å²) in [5.41, 5.74) is 3.46. The molecule has 2 amide bonds. The van der Waals surface area contributed by atoms with Gasteiger partial charge in [0.2, 0.25) is 0 Å². The van der Waals surface area contributed by atoms with E-state index in [1.165, 1.54) is 11.8 Å². The van der Waals surface area contributed by atoms with Crippen LogP contribution in [0, 0.1) is 13.8 Å². The van der Waals surface area contributed by atoms with E-state index in [4.69, 9.17) is 21.7 Å². The lowest BCUT2D eigenvalue weighted by molar-refractivity contribution is -0.118. The Morgan fingerprint density at radius 2 is 1.90 bits per heavy atom. The Balaban J connectivity index is 1.71. The highest BCUT2D eigenvalue weighted by atomic mass is 79.9. The lowest BCUT2D eigenvalue weighted by Gasteiger charge is -2.15. The van der Waals surface area contributed by atoms with Crippen LogP contribution in [-0.4, -0.2) is 29.3 Å². The van der Waals surface area contributed by atoms with Gasteiger partial charge in [-0.1, -0.05) is 46.0 Å². The first-order valence-electron chi connectivity index (χ1n) is 9.48. The Morgan fingerprint density at radius 3 is 2.52 bits per heavy atom. The molecule has 9 heteroatoms. The van der Waals surface area contributed by atoms with Crippen LogP contribution in [0.4, 0.5) is 5.69 Å². The maximum atomic E-state index is 12.5. The molecule has 31 heavy (non-hydrogen) atoms. The number of carbonyl (C=O) groups excluding carboxylic acids is 2. The minimum absolute atomic E-state index is 0.165. The average molecular weight is 521 g/mol. The van der Waals surface area contributed by atoms with Crippen molar-refractivity contribution >= 4 is 67.8 Å². The number of rotatable bonds is 7. The number of nitrogens with one attached hydrogen (secondary N) is 2. The van der Waals surface area contributed by atoms with Crippen molar-refractivity contribution in [1.29, 1.82) is 0 Å². The molecule has 2 N–H and O–H groups in total. The van der Waals surface area contributed by atoms with Crippen LogP contribution in [0.5, 0.6) is 11.5 Å². The SMILES string of the molecule is CCOc1cc(/C=C2\SC(=S)NC2=O)ccc1OCC(=O)Nc1c(C)cc(Br)cc1C. The van der Waals surface area contributed by atoms with E-state index in [0.29, 0.717) is 27.3 Å². The van der Waals surface area contributed by atoms with E-state index in [2.05, 4.69) is 26.6 Å². The summed E-state index contributed by atoms with van der Waals surface area (Å²) in [5, 5.41) is 5.49. The lowest BCUT2D eigenvalue weighted by Crippen LogP contribution is -2.21. The number of thiocarbonyl (C=S) groups is 1. The molecule has 1 fully saturated rings. The van der Waals surface area contributed by atoms with Crippen LogP contribution in [-0.2, 0) is 9.59 Å². The molecule has 0 atom stereocenters. The van der Waals surface area contributed by atoms with Crippen molar-refractivity contribution in [1.82, 2.24) is 5.32 Å². The summed E-state index contributed by atoms with van der Waals surface area (Å²) in [6.07, 6.45) is 1.73. The van der Waals surface area contributed by atoms with Gasteiger partial charge in [0.15, 0.2) is 18.1 Å². The second-order valence-corrected chi connectivity index (χ2v) is 9.38. The van der Waals surface area contributed by atoms with Gasteiger partial charge in [-0.3, -0.25) is 9.59 Å². The van der Waals surface area contributed by atoms with Crippen molar-refractivity contribution in [3.05, 3.63) is 56.4 Å². The van der Waals surface area contributed by atoms with Gasteiger partial charge >= 0.3 is 0 Å². The predicted molar refractivity (Wildman–Crippen MR) is 132 cm³/mol. The molecule has 0 unspecified atom stereocenters. The third-order valence-electron chi connectivity index (χ3n) is 4.33. The van der Waals surface area contributed by atoms with Crippen molar-refractivity contribution < 1.29 is 19.1 Å². The fraction of sp³-hybridized carbons (Fsp3) is 0.227. The number of aryl methyl sites for hydroxylation is 2. The van der Waals surface area contributed by atoms with Gasteiger partial charge in [0.25, 0.3) is 11.8 Å². The maximum Gasteiger partial charge on any atom is 0.263 e. The van der Waals surface area contributed by atoms with E-state index in [0.717, 1.165) is 26.9 Å². The number of anilines is 1. The minimum Gasteiger partial charge on any atom is -0.490 e. The summed E-state index contributed by atoms with van der Waals surface area (Å²) < 4.78 is 12.8. The molecule has 162 valence electrons. The zero-order chi connectivity index (χ0) is 22.5. The van der Waals surface area contributed by atoms with Crippen molar-refractivity contribution in [2.24, 2.45) is 0 Å². The van der Waals surface area contributed by atoms with Crippen LogP contribution in [0.3, 0.4) is 0 Å². The summed E-state index contributed by atoms with van der Waals surface area (Å²) in [7, 11) is 0. The largest absolute Gasteiger partial charge is 0.490 e. The van der Waals surface area contributed by atoms with Gasteiger partial charge < -0.3 is 20.1 Å². The Hall–Kier alpha value is -2.36. The van der Waals surface area contributed by atoms with E-state index in [-0.39, 0.29) is 18.4 Å². The van der Waals surface area contributed by atoms with E-state index < -0.39 is 0 Å². The second kappa shape index (κ2) is 10.3. The predicted octanol–water partition coefficient (Wildman–Crippen LogP) is 4.97. The van der Waals surface area contributed by atoms with Crippen molar-refractivity contribution in [2.45, 2.75) is 20.8 Å². The van der Waals surface area contributed by atoms with Gasteiger partial charge in [-0.2, -0.15) is 0 Å². The molecular formula is C22H21BrN2O4S2. The Morgan fingerprint density at radius 1 is 1.19 bits per heavy atom. The van der Waals surface area contributed by atoms with Crippen LogP contribution in [0.1, 0.15) is 23.6 Å². The highest BCUT2D eigenvalue weighted by molar-refractivity contribution is 9.10. The normalized spacial score (nSPS) is 14.5. The number of amides is 2. The average Bonchev–Trinajstić information content (AvgIpc) is 3.01. The van der Waals surface area contributed by atoms with E-state index in [9.17, 15) is 9.59 Å². The van der Waals surface area contributed by atoms with Crippen molar-refractivity contribution in [3.8, 4) is 11.5 Å².